The van der Waals surface area contributed by atoms with Crippen LogP contribution in [0.5, 0.6) is 0 Å². The van der Waals surface area contributed by atoms with Gasteiger partial charge in [0, 0.05) is 44.8 Å². The highest BCUT2D eigenvalue weighted by Crippen LogP contribution is 2.25. The van der Waals surface area contributed by atoms with E-state index in [1.165, 1.54) is 0 Å². The van der Waals surface area contributed by atoms with E-state index >= 15 is 0 Å². The summed E-state index contributed by atoms with van der Waals surface area (Å²) in [6, 6.07) is 13.8. The fraction of sp³-hybridized carbons (Fsp3) is 0.500. The maximum Gasteiger partial charge on any atom is 0.254 e. The van der Waals surface area contributed by atoms with Gasteiger partial charge in [-0.2, -0.15) is 0 Å². The molecule has 1 aliphatic rings. The van der Waals surface area contributed by atoms with Crippen LogP contribution in [0.2, 0.25) is 0 Å². The molecule has 29 heavy (non-hydrogen) atoms. The number of nitrogens with zero attached hydrogens (tertiary/aromatic N) is 2. The molecule has 0 radical (unpaired) electrons. The first kappa shape index (κ1) is 21.3. The zero-order chi connectivity index (χ0) is 20.8. The van der Waals surface area contributed by atoms with Gasteiger partial charge in [-0.25, -0.2) is 0 Å². The number of carbonyl (C=O) groups excluding carboxylic acids is 2. The third kappa shape index (κ3) is 5.15. The van der Waals surface area contributed by atoms with Crippen LogP contribution >= 0.6 is 0 Å². The molecule has 1 aliphatic heterocycles. The van der Waals surface area contributed by atoms with Crippen LogP contribution in [-0.2, 0) is 9.53 Å². The molecule has 0 saturated carbocycles. The van der Waals surface area contributed by atoms with E-state index in [1.54, 1.807) is 7.11 Å². The SMILES string of the molecule is COCCN(CC(C)C)C(=O)C1CCN(C(=O)c2cccc3ccccc23)CC1. The molecule has 0 N–H and O–H groups in total. The van der Waals surface area contributed by atoms with Gasteiger partial charge in [0.25, 0.3) is 5.91 Å². The number of piperidine rings is 1. The number of carbonyl (C=O) groups is 2. The summed E-state index contributed by atoms with van der Waals surface area (Å²) in [6.45, 7) is 7.42. The minimum atomic E-state index is -0.0119. The van der Waals surface area contributed by atoms with E-state index < -0.39 is 0 Å². The average molecular weight is 397 g/mol. The van der Waals surface area contributed by atoms with E-state index in [2.05, 4.69) is 13.8 Å². The molecule has 5 nitrogen and oxygen atoms in total. The summed E-state index contributed by atoms with van der Waals surface area (Å²) in [5.41, 5.74) is 0.745. The molecule has 5 heteroatoms. The second-order valence-electron chi connectivity index (χ2n) is 8.26. The number of ether oxygens (including phenoxy) is 1. The molecular formula is C24H32N2O3. The summed E-state index contributed by atoms with van der Waals surface area (Å²) in [5, 5.41) is 2.06. The Kier molecular flexibility index (Phi) is 7.26. The van der Waals surface area contributed by atoms with E-state index in [4.69, 9.17) is 4.74 Å². The third-order valence-corrected chi connectivity index (χ3v) is 5.61. The minimum absolute atomic E-state index is 0.0119. The largest absolute Gasteiger partial charge is 0.383 e. The summed E-state index contributed by atoms with van der Waals surface area (Å²) in [4.78, 5) is 30.0. The van der Waals surface area contributed by atoms with Crippen LogP contribution in [0.4, 0.5) is 0 Å². The molecule has 1 fully saturated rings. The van der Waals surface area contributed by atoms with Gasteiger partial charge in [-0.15, -0.1) is 0 Å². The van der Waals surface area contributed by atoms with E-state index in [9.17, 15) is 9.59 Å². The normalized spacial score (nSPS) is 15.1. The average Bonchev–Trinajstić information content (AvgIpc) is 2.75. The molecule has 1 heterocycles. The van der Waals surface area contributed by atoms with Crippen molar-refractivity contribution in [2.24, 2.45) is 11.8 Å². The van der Waals surface area contributed by atoms with Crippen molar-refractivity contribution in [2.75, 3.05) is 39.9 Å². The van der Waals surface area contributed by atoms with Crippen molar-refractivity contribution in [3.63, 3.8) is 0 Å². The maximum absolute atomic E-state index is 13.1. The highest BCUT2D eigenvalue weighted by molar-refractivity contribution is 6.07. The maximum atomic E-state index is 13.1. The Hall–Kier alpha value is -2.40. The lowest BCUT2D eigenvalue weighted by molar-refractivity contribution is -0.138. The molecule has 2 amide bonds. The van der Waals surface area contributed by atoms with Crippen molar-refractivity contribution in [1.29, 1.82) is 0 Å². The van der Waals surface area contributed by atoms with Crippen LogP contribution in [0.1, 0.15) is 37.0 Å². The van der Waals surface area contributed by atoms with E-state index in [-0.39, 0.29) is 17.7 Å². The first-order valence-electron chi connectivity index (χ1n) is 10.6. The Morgan fingerprint density at radius 3 is 2.48 bits per heavy atom. The van der Waals surface area contributed by atoms with Gasteiger partial charge in [-0.05, 0) is 35.6 Å². The van der Waals surface area contributed by atoms with E-state index in [0.717, 1.165) is 35.7 Å². The minimum Gasteiger partial charge on any atom is -0.383 e. The summed E-state index contributed by atoms with van der Waals surface area (Å²) in [5.74, 6) is 0.671. The van der Waals surface area contributed by atoms with Crippen LogP contribution in [0.15, 0.2) is 42.5 Å². The molecule has 0 atom stereocenters. The van der Waals surface area contributed by atoms with Gasteiger partial charge in [0.2, 0.25) is 5.91 Å². The van der Waals surface area contributed by atoms with Gasteiger partial charge in [-0.1, -0.05) is 50.2 Å². The highest BCUT2D eigenvalue weighted by atomic mass is 16.5. The van der Waals surface area contributed by atoms with Crippen LogP contribution in [0.3, 0.4) is 0 Å². The van der Waals surface area contributed by atoms with Crippen LogP contribution in [0, 0.1) is 11.8 Å². The van der Waals surface area contributed by atoms with Gasteiger partial charge in [0.05, 0.1) is 6.61 Å². The molecule has 0 aliphatic carbocycles. The Morgan fingerprint density at radius 1 is 1.10 bits per heavy atom. The smallest absolute Gasteiger partial charge is 0.254 e. The predicted octanol–water partition coefficient (Wildman–Crippen LogP) is 3.82. The number of benzene rings is 2. The quantitative estimate of drug-likeness (QED) is 0.715. The molecular weight excluding hydrogens is 364 g/mol. The molecule has 156 valence electrons. The van der Waals surface area contributed by atoms with Gasteiger partial charge in [0.15, 0.2) is 0 Å². The zero-order valence-corrected chi connectivity index (χ0v) is 17.8. The van der Waals surface area contributed by atoms with Gasteiger partial charge in [0.1, 0.15) is 0 Å². The molecule has 0 bridgehead atoms. The van der Waals surface area contributed by atoms with Gasteiger partial charge in [-0.3, -0.25) is 9.59 Å². The van der Waals surface area contributed by atoms with E-state index in [0.29, 0.717) is 32.2 Å². The molecule has 3 rings (SSSR count). The van der Waals surface area contributed by atoms with Crippen molar-refractivity contribution in [1.82, 2.24) is 9.80 Å². The lowest BCUT2D eigenvalue weighted by atomic mass is 9.94. The first-order valence-corrected chi connectivity index (χ1v) is 10.6. The number of hydrogen-bond acceptors (Lipinski definition) is 3. The first-order chi connectivity index (χ1) is 14.0. The number of methoxy groups -OCH3 is 1. The number of fused-ring (bicyclic) bond motifs is 1. The molecule has 0 unspecified atom stereocenters. The number of likely N-dealkylation sites (tertiary alicyclic amines) is 1. The third-order valence-electron chi connectivity index (χ3n) is 5.61. The Bertz CT molecular complexity index is 836. The lowest BCUT2D eigenvalue weighted by Gasteiger charge is -2.35. The summed E-state index contributed by atoms with van der Waals surface area (Å²) < 4.78 is 5.18. The molecule has 2 aromatic rings. The van der Waals surface area contributed by atoms with Gasteiger partial charge < -0.3 is 14.5 Å². The van der Waals surface area contributed by atoms with Crippen LogP contribution in [0.25, 0.3) is 10.8 Å². The predicted molar refractivity (Wildman–Crippen MR) is 116 cm³/mol. The van der Waals surface area contributed by atoms with Crippen LogP contribution in [-0.4, -0.2) is 61.5 Å². The van der Waals surface area contributed by atoms with Crippen molar-refractivity contribution in [3.05, 3.63) is 48.0 Å². The number of rotatable bonds is 7. The van der Waals surface area contributed by atoms with Crippen molar-refractivity contribution in [2.45, 2.75) is 26.7 Å². The summed E-state index contributed by atoms with van der Waals surface area (Å²) >= 11 is 0. The standard InChI is InChI=1S/C24H32N2O3/c1-18(2)17-26(15-16-29-3)23(27)20-11-13-25(14-12-20)24(28)22-10-6-8-19-7-4-5-9-21(19)22/h4-10,18,20H,11-17H2,1-3H3. The molecule has 1 saturated heterocycles. The van der Waals surface area contributed by atoms with Gasteiger partial charge >= 0.3 is 0 Å². The second-order valence-corrected chi connectivity index (χ2v) is 8.26. The highest BCUT2D eigenvalue weighted by Gasteiger charge is 2.31. The fourth-order valence-electron chi connectivity index (χ4n) is 4.10. The topological polar surface area (TPSA) is 49.9 Å². The number of hydrogen-bond donors (Lipinski definition) is 0. The monoisotopic (exact) mass is 396 g/mol. The second kappa shape index (κ2) is 9.88. The van der Waals surface area contributed by atoms with Crippen molar-refractivity contribution >= 4 is 22.6 Å². The molecule has 0 spiro atoms. The number of amides is 2. The van der Waals surface area contributed by atoms with Crippen molar-refractivity contribution in [3.8, 4) is 0 Å². The zero-order valence-electron chi connectivity index (χ0n) is 17.8. The van der Waals surface area contributed by atoms with E-state index in [1.807, 2.05) is 52.3 Å². The van der Waals surface area contributed by atoms with Crippen LogP contribution < -0.4 is 0 Å². The lowest BCUT2D eigenvalue weighted by Crippen LogP contribution is -2.46. The fourth-order valence-corrected chi connectivity index (χ4v) is 4.10. The molecule has 2 aromatic carbocycles. The van der Waals surface area contributed by atoms with Crippen molar-refractivity contribution < 1.29 is 14.3 Å². The Morgan fingerprint density at radius 2 is 1.79 bits per heavy atom. The Labute approximate surface area is 173 Å². The Balaban J connectivity index is 1.64. The summed E-state index contributed by atoms with van der Waals surface area (Å²) in [6.07, 6.45) is 1.44. The molecule has 0 aromatic heterocycles. The summed E-state index contributed by atoms with van der Waals surface area (Å²) in [7, 11) is 1.66.